The minimum absolute atomic E-state index is 0.0990. The summed E-state index contributed by atoms with van der Waals surface area (Å²) in [6.45, 7) is 1.90. The van der Waals surface area contributed by atoms with Crippen molar-refractivity contribution in [2.45, 2.75) is 19.8 Å². The van der Waals surface area contributed by atoms with Crippen molar-refractivity contribution >= 4 is 11.6 Å². The maximum absolute atomic E-state index is 13.2. The zero-order valence-corrected chi connectivity index (χ0v) is 8.51. The van der Waals surface area contributed by atoms with E-state index in [0.717, 1.165) is 6.42 Å². The molecule has 1 aromatic carbocycles. The van der Waals surface area contributed by atoms with Crippen LogP contribution in [0.15, 0.2) is 18.2 Å². The van der Waals surface area contributed by atoms with Gasteiger partial charge in [0.05, 0.1) is 11.3 Å². The third-order valence-electron chi connectivity index (χ3n) is 1.91. The van der Waals surface area contributed by atoms with E-state index in [2.05, 4.69) is 11.2 Å². The molecule has 0 spiro atoms. The molecule has 0 unspecified atom stereocenters. The Morgan fingerprint density at radius 2 is 2.33 bits per heavy atom. The first-order chi connectivity index (χ1) is 7.19. The van der Waals surface area contributed by atoms with Crippen LogP contribution in [0.5, 0.6) is 0 Å². The van der Waals surface area contributed by atoms with Crippen LogP contribution in [0, 0.1) is 18.2 Å². The highest BCUT2D eigenvalue weighted by atomic mass is 19.1. The number of terminal acetylenes is 1. The Morgan fingerprint density at radius 1 is 1.60 bits per heavy atom. The molecule has 2 nitrogen and oxygen atoms in total. The van der Waals surface area contributed by atoms with Crippen molar-refractivity contribution in [2.75, 3.05) is 5.32 Å². The number of carbonyl (C=O) groups excluding carboxylic acids is 1. The molecular formula is C12H12FNO. The van der Waals surface area contributed by atoms with Gasteiger partial charge < -0.3 is 5.32 Å². The first kappa shape index (κ1) is 11.3. The van der Waals surface area contributed by atoms with Crippen LogP contribution in [-0.2, 0) is 4.79 Å². The Kier molecular flexibility index (Phi) is 3.87. The van der Waals surface area contributed by atoms with E-state index in [1.165, 1.54) is 12.1 Å². The van der Waals surface area contributed by atoms with Gasteiger partial charge in [-0.2, -0.15) is 0 Å². The number of carbonyl (C=O) groups is 1. The number of amides is 1. The largest absolute Gasteiger partial charge is 0.325 e. The smallest absolute Gasteiger partial charge is 0.224 e. The van der Waals surface area contributed by atoms with Crippen molar-refractivity contribution in [3.8, 4) is 12.3 Å². The molecule has 1 aromatic rings. The molecule has 0 aliphatic rings. The van der Waals surface area contributed by atoms with Crippen LogP contribution in [-0.4, -0.2) is 5.91 Å². The van der Waals surface area contributed by atoms with E-state index in [-0.39, 0.29) is 11.5 Å². The second-order valence-corrected chi connectivity index (χ2v) is 3.10. The van der Waals surface area contributed by atoms with Crippen LogP contribution < -0.4 is 5.32 Å². The summed E-state index contributed by atoms with van der Waals surface area (Å²) < 4.78 is 13.2. The minimum Gasteiger partial charge on any atom is -0.325 e. The van der Waals surface area contributed by atoms with Crippen LogP contribution in [0.3, 0.4) is 0 Å². The molecule has 0 saturated carbocycles. The van der Waals surface area contributed by atoms with Gasteiger partial charge in [0.25, 0.3) is 0 Å². The van der Waals surface area contributed by atoms with Gasteiger partial charge in [-0.05, 0) is 18.6 Å². The molecule has 0 atom stereocenters. The van der Waals surface area contributed by atoms with Gasteiger partial charge >= 0.3 is 0 Å². The third-order valence-corrected chi connectivity index (χ3v) is 1.91. The van der Waals surface area contributed by atoms with Crippen LogP contribution in [0.1, 0.15) is 25.3 Å². The number of benzene rings is 1. The van der Waals surface area contributed by atoms with Crippen molar-refractivity contribution in [1.29, 1.82) is 0 Å². The third kappa shape index (κ3) is 2.81. The van der Waals surface area contributed by atoms with Gasteiger partial charge in [-0.15, -0.1) is 6.42 Å². The van der Waals surface area contributed by atoms with Gasteiger partial charge in [-0.25, -0.2) is 4.39 Å². The monoisotopic (exact) mass is 205 g/mol. The summed E-state index contributed by atoms with van der Waals surface area (Å²) in [6, 6.07) is 4.37. The Bertz CT molecular complexity index is 407. The zero-order valence-electron chi connectivity index (χ0n) is 8.51. The second-order valence-electron chi connectivity index (χ2n) is 3.10. The van der Waals surface area contributed by atoms with Crippen molar-refractivity contribution in [3.63, 3.8) is 0 Å². The Hall–Kier alpha value is -1.82. The summed E-state index contributed by atoms with van der Waals surface area (Å²) in [5, 5.41) is 2.58. The summed E-state index contributed by atoms with van der Waals surface area (Å²) in [7, 11) is 0. The van der Waals surface area contributed by atoms with Crippen LogP contribution in [0.4, 0.5) is 10.1 Å². The summed E-state index contributed by atoms with van der Waals surface area (Å²) in [5.41, 5.74) is 0.456. The van der Waals surface area contributed by atoms with E-state index in [4.69, 9.17) is 6.42 Å². The van der Waals surface area contributed by atoms with Gasteiger partial charge in [-0.1, -0.05) is 18.9 Å². The molecule has 0 bridgehead atoms. The summed E-state index contributed by atoms with van der Waals surface area (Å²) in [6.07, 6.45) is 6.31. The quantitative estimate of drug-likeness (QED) is 0.755. The molecule has 1 N–H and O–H groups in total. The van der Waals surface area contributed by atoms with E-state index < -0.39 is 5.82 Å². The fourth-order valence-corrected chi connectivity index (χ4v) is 1.21. The van der Waals surface area contributed by atoms with Crippen molar-refractivity contribution in [2.24, 2.45) is 0 Å². The molecule has 15 heavy (non-hydrogen) atoms. The topological polar surface area (TPSA) is 29.1 Å². The van der Waals surface area contributed by atoms with Crippen LogP contribution in [0.2, 0.25) is 0 Å². The summed E-state index contributed by atoms with van der Waals surface area (Å²) >= 11 is 0. The first-order valence-electron chi connectivity index (χ1n) is 4.74. The molecule has 1 amide bonds. The molecule has 0 heterocycles. The van der Waals surface area contributed by atoms with E-state index in [1.54, 1.807) is 6.07 Å². The lowest BCUT2D eigenvalue weighted by Crippen LogP contribution is -2.12. The van der Waals surface area contributed by atoms with Gasteiger partial charge in [0, 0.05) is 6.42 Å². The number of nitrogens with one attached hydrogen (secondary N) is 1. The molecule has 78 valence electrons. The number of hydrogen-bond acceptors (Lipinski definition) is 1. The summed E-state index contributed by atoms with van der Waals surface area (Å²) in [5.74, 6) is 1.57. The van der Waals surface area contributed by atoms with Crippen molar-refractivity contribution in [3.05, 3.63) is 29.6 Å². The predicted octanol–water partition coefficient (Wildman–Crippen LogP) is 2.55. The highest BCUT2D eigenvalue weighted by molar-refractivity contribution is 5.92. The second kappa shape index (κ2) is 5.16. The van der Waals surface area contributed by atoms with Gasteiger partial charge in [0.15, 0.2) is 0 Å². The molecule has 0 aromatic heterocycles. The van der Waals surface area contributed by atoms with E-state index >= 15 is 0 Å². The van der Waals surface area contributed by atoms with E-state index in [0.29, 0.717) is 12.1 Å². The number of rotatable bonds is 3. The summed E-state index contributed by atoms with van der Waals surface area (Å²) in [4.78, 5) is 11.3. The molecule has 0 saturated heterocycles. The maximum atomic E-state index is 13.2. The van der Waals surface area contributed by atoms with Gasteiger partial charge in [-0.3, -0.25) is 4.79 Å². The van der Waals surface area contributed by atoms with E-state index in [9.17, 15) is 9.18 Å². The molecular weight excluding hydrogens is 193 g/mol. The van der Waals surface area contributed by atoms with Crippen LogP contribution in [0.25, 0.3) is 0 Å². The Morgan fingerprint density at radius 3 is 2.93 bits per heavy atom. The highest BCUT2D eigenvalue weighted by Crippen LogP contribution is 2.17. The number of halogens is 1. The lowest BCUT2D eigenvalue weighted by atomic mass is 10.1. The fourth-order valence-electron chi connectivity index (χ4n) is 1.21. The lowest BCUT2D eigenvalue weighted by Gasteiger charge is -2.07. The highest BCUT2D eigenvalue weighted by Gasteiger charge is 2.08. The molecule has 1 rings (SSSR count). The zero-order chi connectivity index (χ0) is 11.3. The number of hydrogen-bond donors (Lipinski definition) is 1. The van der Waals surface area contributed by atoms with E-state index in [1.807, 2.05) is 6.92 Å². The average molecular weight is 205 g/mol. The fraction of sp³-hybridized carbons (Fsp3) is 0.250. The molecule has 3 heteroatoms. The molecule has 0 aliphatic heterocycles. The van der Waals surface area contributed by atoms with Crippen molar-refractivity contribution < 1.29 is 9.18 Å². The Balaban J connectivity index is 2.91. The average Bonchev–Trinajstić information content (AvgIpc) is 2.18. The standard InChI is InChI=1S/C12H12FNO/c1-3-6-12(15)14-11-8-5-7-10(13)9(11)4-2/h2,5,7-8H,3,6H2,1H3,(H,14,15). The Labute approximate surface area is 88.5 Å². The van der Waals surface area contributed by atoms with Crippen molar-refractivity contribution in [1.82, 2.24) is 0 Å². The normalized spacial score (nSPS) is 9.40. The van der Waals surface area contributed by atoms with Gasteiger partial charge in [0.2, 0.25) is 5.91 Å². The van der Waals surface area contributed by atoms with Gasteiger partial charge in [0.1, 0.15) is 5.82 Å². The lowest BCUT2D eigenvalue weighted by molar-refractivity contribution is -0.116. The first-order valence-corrected chi connectivity index (χ1v) is 4.74. The SMILES string of the molecule is C#Cc1c(F)cccc1NC(=O)CCC. The maximum Gasteiger partial charge on any atom is 0.224 e. The molecule has 0 radical (unpaired) electrons. The molecule has 0 aliphatic carbocycles. The predicted molar refractivity (Wildman–Crippen MR) is 57.9 cm³/mol. The van der Waals surface area contributed by atoms with Crippen LogP contribution >= 0.6 is 0 Å². The number of anilines is 1. The minimum atomic E-state index is -0.494. The molecule has 0 fully saturated rings.